The second kappa shape index (κ2) is 6.03. The summed E-state index contributed by atoms with van der Waals surface area (Å²) in [4.78, 5) is 18.7. The van der Waals surface area contributed by atoms with Gasteiger partial charge in [0.15, 0.2) is 0 Å². The number of hydrogen-bond donors (Lipinski definition) is 1. The van der Waals surface area contributed by atoms with Gasteiger partial charge in [0.05, 0.1) is 22.3 Å². The molecular weight excluding hydrogens is 322 g/mol. The molecule has 0 bridgehead atoms. The molecule has 2 aromatic heterocycles. The molecule has 0 fully saturated rings. The van der Waals surface area contributed by atoms with E-state index in [0.717, 1.165) is 52.6 Å². The first kappa shape index (κ1) is 15.4. The Morgan fingerprint density at radius 2 is 2.25 bits per heavy atom. The number of likely N-dealkylation sites (N-methyl/N-ethyl adjacent to an activating group) is 1. The molecule has 1 N–H and O–H groups in total. The fraction of sp³-hybridized carbons (Fsp3) is 0.333. The van der Waals surface area contributed by atoms with E-state index in [1.807, 2.05) is 18.2 Å². The summed E-state index contributed by atoms with van der Waals surface area (Å²) in [5.41, 5.74) is 3.12. The maximum Gasteiger partial charge on any atom is 0.223 e. The second-order valence-electron chi connectivity index (χ2n) is 5.99. The van der Waals surface area contributed by atoms with E-state index in [1.54, 1.807) is 11.3 Å². The smallest absolute Gasteiger partial charge is 0.223 e. The summed E-state index contributed by atoms with van der Waals surface area (Å²) in [5, 5.41) is 3.76. The van der Waals surface area contributed by atoms with E-state index >= 15 is 0 Å². The highest BCUT2D eigenvalue weighted by Gasteiger charge is 2.28. The Balaban J connectivity index is 1.86. The Morgan fingerprint density at radius 3 is 3.00 bits per heavy atom. The number of furan rings is 1. The van der Waals surface area contributed by atoms with E-state index < -0.39 is 0 Å². The minimum Gasteiger partial charge on any atom is -0.443 e. The fourth-order valence-corrected chi connectivity index (χ4v) is 4.21. The molecule has 0 atom stereocenters. The lowest BCUT2D eigenvalue weighted by molar-refractivity contribution is -0.114. The molecule has 3 heterocycles. The van der Waals surface area contributed by atoms with Crippen LogP contribution in [0.5, 0.6) is 0 Å². The lowest BCUT2D eigenvalue weighted by Gasteiger charge is -2.24. The Labute approximate surface area is 144 Å². The van der Waals surface area contributed by atoms with Gasteiger partial charge in [-0.15, -0.1) is 11.3 Å². The average molecular weight is 341 g/mol. The van der Waals surface area contributed by atoms with Crippen molar-refractivity contribution in [3.05, 3.63) is 35.6 Å². The van der Waals surface area contributed by atoms with Gasteiger partial charge < -0.3 is 4.42 Å². The predicted molar refractivity (Wildman–Crippen MR) is 96.3 cm³/mol. The lowest BCUT2D eigenvalue weighted by atomic mass is 10.0. The first-order valence-electron chi connectivity index (χ1n) is 8.16. The third-order valence-corrected chi connectivity index (χ3v) is 5.43. The quantitative estimate of drug-likeness (QED) is 0.785. The molecule has 0 saturated carbocycles. The Bertz CT molecular complexity index is 879. The van der Waals surface area contributed by atoms with Crippen LogP contribution in [0.1, 0.15) is 25.2 Å². The largest absolute Gasteiger partial charge is 0.443 e. The maximum absolute atomic E-state index is 11.6. The molecule has 4 rings (SSSR count). The molecule has 0 saturated heterocycles. The maximum atomic E-state index is 11.6. The molecule has 0 radical (unpaired) electrons. The molecule has 24 heavy (non-hydrogen) atoms. The number of fused-ring (bicyclic) bond motifs is 2. The van der Waals surface area contributed by atoms with E-state index in [-0.39, 0.29) is 5.91 Å². The standard InChI is InChI=1S/C18H19N3O2S/c1-3-21-9-8-12-14(10-21)23-17(19-11(2)22)16(12)18-20-13-6-4-5-7-15(13)24-18/h4-7H,3,8-10H2,1-2H3,(H,19,22). The molecule has 1 aromatic carbocycles. The van der Waals surface area contributed by atoms with Crippen LogP contribution in [0.15, 0.2) is 28.7 Å². The zero-order valence-corrected chi connectivity index (χ0v) is 14.6. The molecular formula is C18H19N3O2S. The van der Waals surface area contributed by atoms with Crippen molar-refractivity contribution in [2.75, 3.05) is 18.4 Å². The highest BCUT2D eigenvalue weighted by atomic mass is 32.1. The molecule has 0 aliphatic carbocycles. The first-order chi connectivity index (χ1) is 11.7. The molecule has 6 heteroatoms. The molecule has 124 valence electrons. The molecule has 1 aliphatic rings. The van der Waals surface area contributed by atoms with Gasteiger partial charge in [0.2, 0.25) is 11.8 Å². The summed E-state index contributed by atoms with van der Waals surface area (Å²) < 4.78 is 7.16. The van der Waals surface area contributed by atoms with Crippen LogP contribution < -0.4 is 5.32 Å². The van der Waals surface area contributed by atoms with Gasteiger partial charge >= 0.3 is 0 Å². The minimum atomic E-state index is -0.129. The molecule has 3 aromatic rings. The third kappa shape index (κ3) is 2.61. The van der Waals surface area contributed by atoms with E-state index in [9.17, 15) is 4.79 Å². The van der Waals surface area contributed by atoms with Gasteiger partial charge in [-0.25, -0.2) is 4.98 Å². The zero-order valence-electron chi connectivity index (χ0n) is 13.8. The van der Waals surface area contributed by atoms with Crippen LogP contribution in [0.3, 0.4) is 0 Å². The normalized spacial score (nSPS) is 14.8. The van der Waals surface area contributed by atoms with E-state index in [2.05, 4.69) is 23.2 Å². The first-order valence-corrected chi connectivity index (χ1v) is 8.97. The molecule has 1 amide bonds. The van der Waals surface area contributed by atoms with E-state index in [4.69, 9.17) is 9.40 Å². The summed E-state index contributed by atoms with van der Waals surface area (Å²) in [6.07, 6.45) is 0.914. The molecule has 0 spiro atoms. The number of para-hydroxylation sites is 1. The number of nitrogens with one attached hydrogen (secondary N) is 1. The van der Waals surface area contributed by atoms with Crippen LogP contribution in [0.25, 0.3) is 20.8 Å². The van der Waals surface area contributed by atoms with Crippen molar-refractivity contribution in [2.24, 2.45) is 0 Å². The second-order valence-corrected chi connectivity index (χ2v) is 7.03. The number of rotatable bonds is 3. The number of hydrogen-bond acceptors (Lipinski definition) is 5. The van der Waals surface area contributed by atoms with E-state index in [1.165, 1.54) is 12.5 Å². The van der Waals surface area contributed by atoms with Crippen LogP contribution in [-0.2, 0) is 17.8 Å². The topological polar surface area (TPSA) is 58.4 Å². The lowest BCUT2D eigenvalue weighted by Crippen LogP contribution is -2.29. The van der Waals surface area contributed by atoms with Crippen molar-refractivity contribution in [2.45, 2.75) is 26.8 Å². The monoisotopic (exact) mass is 341 g/mol. The number of amides is 1. The van der Waals surface area contributed by atoms with Crippen LogP contribution in [0.2, 0.25) is 0 Å². The number of benzene rings is 1. The van der Waals surface area contributed by atoms with Gasteiger partial charge in [-0.2, -0.15) is 0 Å². The van der Waals surface area contributed by atoms with Crippen molar-refractivity contribution >= 4 is 33.3 Å². The van der Waals surface area contributed by atoms with Gasteiger partial charge in [0, 0.05) is 19.0 Å². The summed E-state index contributed by atoms with van der Waals surface area (Å²) in [5.74, 6) is 1.35. The van der Waals surface area contributed by atoms with Gasteiger partial charge in [0.25, 0.3) is 0 Å². The highest BCUT2D eigenvalue weighted by molar-refractivity contribution is 7.21. The third-order valence-electron chi connectivity index (χ3n) is 4.38. The summed E-state index contributed by atoms with van der Waals surface area (Å²) in [6.45, 7) is 6.43. The highest BCUT2D eigenvalue weighted by Crippen LogP contribution is 2.42. The SMILES string of the molecule is CCN1CCc2c(oc(NC(C)=O)c2-c2nc3ccccc3s2)C1. The van der Waals surface area contributed by atoms with Gasteiger partial charge in [-0.05, 0) is 25.1 Å². The number of anilines is 1. The number of carbonyl (C=O) groups excluding carboxylic acids is 1. The summed E-state index contributed by atoms with van der Waals surface area (Å²) in [6, 6.07) is 8.09. The van der Waals surface area contributed by atoms with Crippen molar-refractivity contribution in [1.82, 2.24) is 9.88 Å². The van der Waals surface area contributed by atoms with Crippen LogP contribution in [0, 0.1) is 0 Å². The fourth-order valence-electron chi connectivity index (χ4n) is 3.18. The predicted octanol–water partition coefficient (Wildman–Crippen LogP) is 3.89. The number of carbonyl (C=O) groups is 1. The van der Waals surface area contributed by atoms with Crippen molar-refractivity contribution in [3.63, 3.8) is 0 Å². The number of aromatic nitrogens is 1. The zero-order chi connectivity index (χ0) is 16.7. The number of nitrogens with zero attached hydrogens (tertiary/aromatic N) is 2. The minimum absolute atomic E-state index is 0.129. The summed E-state index contributed by atoms with van der Waals surface area (Å²) in [7, 11) is 0. The van der Waals surface area contributed by atoms with Crippen LogP contribution in [-0.4, -0.2) is 28.9 Å². The van der Waals surface area contributed by atoms with Crippen molar-refractivity contribution in [3.8, 4) is 10.6 Å². The number of thiazole rings is 1. The Hall–Kier alpha value is -2.18. The van der Waals surface area contributed by atoms with Gasteiger partial charge in [-0.1, -0.05) is 19.1 Å². The van der Waals surface area contributed by atoms with Crippen LogP contribution >= 0.6 is 11.3 Å². The average Bonchev–Trinajstić information content (AvgIpc) is 3.13. The molecule has 5 nitrogen and oxygen atoms in total. The summed E-state index contributed by atoms with van der Waals surface area (Å²) >= 11 is 1.64. The van der Waals surface area contributed by atoms with Crippen LogP contribution in [0.4, 0.5) is 5.88 Å². The van der Waals surface area contributed by atoms with E-state index in [0.29, 0.717) is 5.88 Å². The Kier molecular flexibility index (Phi) is 3.86. The van der Waals surface area contributed by atoms with Crippen molar-refractivity contribution < 1.29 is 9.21 Å². The molecule has 1 aliphatic heterocycles. The van der Waals surface area contributed by atoms with Gasteiger partial charge in [-0.3, -0.25) is 15.0 Å². The van der Waals surface area contributed by atoms with Crippen molar-refractivity contribution in [1.29, 1.82) is 0 Å². The van der Waals surface area contributed by atoms with Gasteiger partial charge in [0.1, 0.15) is 10.8 Å². The molecule has 0 unspecified atom stereocenters. The Morgan fingerprint density at radius 1 is 1.42 bits per heavy atom.